The van der Waals surface area contributed by atoms with Gasteiger partial charge in [-0.15, -0.1) is 11.6 Å². The summed E-state index contributed by atoms with van der Waals surface area (Å²) in [5.41, 5.74) is 0. The van der Waals surface area contributed by atoms with Crippen molar-refractivity contribution in [2.45, 2.75) is 39.2 Å². The Kier molecular flexibility index (Phi) is 8.09. The Morgan fingerprint density at radius 1 is 1.27 bits per heavy atom. The standard InChI is InChI=1S/C10H17ClO4/c1-3-5-14-10(13)6-8(7-11)15-9(12)4-2/h8H,3-7H2,1-2H3. The molecule has 0 radical (unpaired) electrons. The third kappa shape index (κ3) is 7.19. The normalized spacial score (nSPS) is 11.9. The number of carbonyl (C=O) groups excluding carboxylic acids is 2. The number of halogens is 1. The fourth-order valence-corrected chi connectivity index (χ4v) is 1.03. The Bertz CT molecular complexity index is 206. The number of ether oxygens (including phenoxy) is 2. The van der Waals surface area contributed by atoms with Crippen LogP contribution in [0.15, 0.2) is 0 Å². The molecule has 15 heavy (non-hydrogen) atoms. The summed E-state index contributed by atoms with van der Waals surface area (Å²) in [6.45, 7) is 3.97. The third-order valence-electron chi connectivity index (χ3n) is 1.62. The van der Waals surface area contributed by atoms with Crippen molar-refractivity contribution in [3.05, 3.63) is 0 Å². The zero-order chi connectivity index (χ0) is 11.7. The van der Waals surface area contributed by atoms with E-state index in [1.165, 1.54) is 0 Å². The van der Waals surface area contributed by atoms with Gasteiger partial charge in [-0.2, -0.15) is 0 Å². The molecule has 0 aliphatic rings. The van der Waals surface area contributed by atoms with Crippen LogP contribution in [0.5, 0.6) is 0 Å². The third-order valence-corrected chi connectivity index (χ3v) is 1.96. The number of hydrogen-bond acceptors (Lipinski definition) is 4. The number of carbonyl (C=O) groups is 2. The fraction of sp³-hybridized carbons (Fsp3) is 0.800. The molecule has 0 saturated carbocycles. The van der Waals surface area contributed by atoms with Gasteiger partial charge in [0.05, 0.1) is 18.9 Å². The van der Waals surface area contributed by atoms with Crippen LogP contribution in [0.25, 0.3) is 0 Å². The lowest BCUT2D eigenvalue weighted by Gasteiger charge is -2.13. The van der Waals surface area contributed by atoms with E-state index in [1.807, 2.05) is 6.92 Å². The highest BCUT2D eigenvalue weighted by atomic mass is 35.5. The SMILES string of the molecule is CCCOC(=O)CC(CCl)OC(=O)CC. The molecule has 1 unspecified atom stereocenters. The highest BCUT2D eigenvalue weighted by Gasteiger charge is 2.17. The Hall–Kier alpha value is -0.770. The monoisotopic (exact) mass is 236 g/mol. The molecular weight excluding hydrogens is 220 g/mol. The number of esters is 2. The molecule has 0 rings (SSSR count). The predicted molar refractivity (Wildman–Crippen MR) is 56.8 cm³/mol. The van der Waals surface area contributed by atoms with Gasteiger partial charge >= 0.3 is 11.9 Å². The van der Waals surface area contributed by atoms with Gasteiger partial charge in [0.1, 0.15) is 6.10 Å². The average molecular weight is 237 g/mol. The summed E-state index contributed by atoms with van der Waals surface area (Å²) in [6, 6.07) is 0. The van der Waals surface area contributed by atoms with Crippen molar-refractivity contribution in [1.29, 1.82) is 0 Å². The van der Waals surface area contributed by atoms with Crippen LogP contribution < -0.4 is 0 Å². The smallest absolute Gasteiger partial charge is 0.309 e. The topological polar surface area (TPSA) is 52.6 Å². The molecule has 0 spiro atoms. The van der Waals surface area contributed by atoms with Crippen molar-refractivity contribution in [2.75, 3.05) is 12.5 Å². The lowest BCUT2D eigenvalue weighted by atomic mass is 10.3. The Morgan fingerprint density at radius 3 is 2.40 bits per heavy atom. The van der Waals surface area contributed by atoms with E-state index in [2.05, 4.69) is 0 Å². The minimum atomic E-state index is -0.580. The highest BCUT2D eigenvalue weighted by Crippen LogP contribution is 2.05. The van der Waals surface area contributed by atoms with Crippen LogP contribution in [-0.4, -0.2) is 30.5 Å². The molecule has 0 aromatic rings. The Balaban J connectivity index is 3.87. The predicted octanol–water partition coefficient (Wildman–Crippen LogP) is 1.89. The van der Waals surface area contributed by atoms with Gasteiger partial charge in [0.25, 0.3) is 0 Å². The van der Waals surface area contributed by atoms with Gasteiger partial charge in [-0.05, 0) is 6.42 Å². The summed E-state index contributed by atoms with van der Waals surface area (Å²) in [5, 5.41) is 0. The van der Waals surface area contributed by atoms with Crippen molar-refractivity contribution in [3.8, 4) is 0 Å². The molecule has 0 saturated heterocycles. The minimum Gasteiger partial charge on any atom is -0.466 e. The molecule has 0 aliphatic heterocycles. The van der Waals surface area contributed by atoms with Gasteiger partial charge in [0, 0.05) is 6.42 Å². The van der Waals surface area contributed by atoms with Crippen molar-refractivity contribution < 1.29 is 19.1 Å². The first-order valence-electron chi connectivity index (χ1n) is 5.05. The second-order valence-corrected chi connectivity index (χ2v) is 3.35. The van der Waals surface area contributed by atoms with Gasteiger partial charge in [0.15, 0.2) is 0 Å². The molecule has 0 amide bonds. The van der Waals surface area contributed by atoms with Crippen LogP contribution in [0.3, 0.4) is 0 Å². The zero-order valence-corrected chi connectivity index (χ0v) is 9.88. The Morgan fingerprint density at radius 2 is 1.93 bits per heavy atom. The minimum absolute atomic E-state index is 0.0231. The Labute approximate surface area is 94.9 Å². The second-order valence-electron chi connectivity index (χ2n) is 3.04. The lowest BCUT2D eigenvalue weighted by Crippen LogP contribution is -2.24. The number of rotatable bonds is 7. The number of alkyl halides is 1. The molecule has 0 aromatic heterocycles. The summed E-state index contributed by atoms with van der Waals surface area (Å²) in [6.07, 6.45) is 0.488. The molecule has 0 bridgehead atoms. The van der Waals surface area contributed by atoms with Crippen LogP contribution >= 0.6 is 11.6 Å². The molecule has 0 heterocycles. The van der Waals surface area contributed by atoms with Gasteiger partial charge in [-0.25, -0.2) is 0 Å². The summed E-state index contributed by atoms with van der Waals surface area (Å²) in [5.74, 6) is -0.636. The fourth-order valence-electron chi connectivity index (χ4n) is 0.858. The molecule has 4 nitrogen and oxygen atoms in total. The maximum absolute atomic E-state index is 11.2. The maximum atomic E-state index is 11.2. The largest absolute Gasteiger partial charge is 0.466 e. The van der Waals surface area contributed by atoms with E-state index in [4.69, 9.17) is 21.1 Å². The van der Waals surface area contributed by atoms with Crippen LogP contribution in [0.4, 0.5) is 0 Å². The lowest BCUT2D eigenvalue weighted by molar-refractivity contribution is -0.153. The molecule has 0 N–H and O–H groups in total. The van der Waals surface area contributed by atoms with Crippen molar-refractivity contribution in [1.82, 2.24) is 0 Å². The van der Waals surface area contributed by atoms with Crippen molar-refractivity contribution in [3.63, 3.8) is 0 Å². The van der Waals surface area contributed by atoms with E-state index >= 15 is 0 Å². The second kappa shape index (κ2) is 8.53. The van der Waals surface area contributed by atoms with E-state index < -0.39 is 6.10 Å². The van der Waals surface area contributed by atoms with E-state index in [-0.39, 0.29) is 30.7 Å². The summed E-state index contributed by atoms with van der Waals surface area (Å²) >= 11 is 5.56. The molecule has 88 valence electrons. The number of hydrogen-bond donors (Lipinski definition) is 0. The molecular formula is C10H17ClO4. The van der Waals surface area contributed by atoms with Crippen LogP contribution in [0, 0.1) is 0 Å². The highest BCUT2D eigenvalue weighted by molar-refractivity contribution is 6.18. The van der Waals surface area contributed by atoms with Gasteiger partial charge in [-0.3, -0.25) is 9.59 Å². The first-order valence-corrected chi connectivity index (χ1v) is 5.58. The van der Waals surface area contributed by atoms with E-state index in [0.717, 1.165) is 6.42 Å². The van der Waals surface area contributed by atoms with Gasteiger partial charge in [-0.1, -0.05) is 13.8 Å². The van der Waals surface area contributed by atoms with Crippen molar-refractivity contribution in [2.24, 2.45) is 0 Å². The first kappa shape index (κ1) is 14.2. The molecule has 0 fully saturated rings. The summed E-state index contributed by atoms with van der Waals surface area (Å²) in [7, 11) is 0. The van der Waals surface area contributed by atoms with Crippen LogP contribution in [0.2, 0.25) is 0 Å². The molecule has 1 atom stereocenters. The van der Waals surface area contributed by atoms with E-state index in [9.17, 15) is 9.59 Å². The first-order chi connectivity index (χ1) is 7.13. The van der Waals surface area contributed by atoms with Gasteiger partial charge in [0.2, 0.25) is 0 Å². The summed E-state index contributed by atoms with van der Waals surface area (Å²) < 4.78 is 9.78. The molecule has 5 heteroatoms. The zero-order valence-electron chi connectivity index (χ0n) is 9.12. The van der Waals surface area contributed by atoms with Crippen LogP contribution in [0.1, 0.15) is 33.1 Å². The molecule has 0 aliphatic carbocycles. The van der Waals surface area contributed by atoms with Gasteiger partial charge < -0.3 is 9.47 Å². The quantitative estimate of drug-likeness (QED) is 0.500. The average Bonchev–Trinajstić information content (AvgIpc) is 2.25. The maximum Gasteiger partial charge on any atom is 0.309 e. The van der Waals surface area contributed by atoms with E-state index in [0.29, 0.717) is 6.61 Å². The van der Waals surface area contributed by atoms with E-state index in [1.54, 1.807) is 6.92 Å². The summed E-state index contributed by atoms with van der Waals surface area (Å²) in [4.78, 5) is 22.1. The molecule has 0 aromatic carbocycles. The van der Waals surface area contributed by atoms with Crippen molar-refractivity contribution >= 4 is 23.5 Å². The van der Waals surface area contributed by atoms with Crippen LogP contribution in [-0.2, 0) is 19.1 Å².